The predicted octanol–water partition coefficient (Wildman–Crippen LogP) is 0.425. The van der Waals surface area contributed by atoms with Crippen molar-refractivity contribution in [2.75, 3.05) is 4.72 Å². The maximum atomic E-state index is 10.1. The minimum atomic E-state index is -2.56. The van der Waals surface area contributed by atoms with Crippen LogP contribution in [0.15, 0.2) is 24.3 Å². The molecule has 0 fully saturated rings. The normalized spacial score (nSPS) is 9.70. The van der Waals surface area contributed by atoms with Crippen LogP contribution in [0.2, 0.25) is 0 Å². The van der Waals surface area contributed by atoms with E-state index in [0.29, 0.717) is 5.69 Å². The molecule has 1 N–H and O–H groups in total. The topological polar surface area (TPSA) is 46.2 Å². The first-order valence-electron chi connectivity index (χ1n) is 2.67. The molecule has 0 spiro atoms. The van der Waals surface area contributed by atoms with Crippen molar-refractivity contribution in [1.29, 1.82) is 0 Å². The van der Waals surface area contributed by atoms with E-state index in [4.69, 9.17) is 0 Å². The van der Waals surface area contributed by atoms with Crippen molar-refractivity contribution >= 4 is 16.6 Å². The van der Waals surface area contributed by atoms with E-state index in [-0.39, 0.29) is 0 Å². The van der Waals surface area contributed by atoms with E-state index >= 15 is 0 Å². The highest BCUT2D eigenvalue weighted by Crippen LogP contribution is 2.02. The van der Waals surface area contributed by atoms with Crippen LogP contribution in [0.4, 0.5) is 5.69 Å². The second-order valence-corrected chi connectivity index (χ2v) is 2.38. The van der Waals surface area contributed by atoms with Gasteiger partial charge in [0.1, 0.15) is 0 Å². The molecule has 0 atom stereocenters. The Kier molecular flexibility index (Phi) is 2.28. The number of hydrogen-bond donors (Lipinski definition) is 2. The van der Waals surface area contributed by atoms with Crippen LogP contribution in [-0.2, 0) is 10.9 Å². The number of rotatable bonds is 2. The molecule has 0 bridgehead atoms. The van der Waals surface area contributed by atoms with Gasteiger partial charge in [-0.05, 0) is 6.07 Å². The van der Waals surface area contributed by atoms with Crippen molar-refractivity contribution in [2.45, 2.75) is 0 Å². The van der Waals surface area contributed by atoms with Gasteiger partial charge in [-0.15, -0.1) is 0 Å². The third kappa shape index (κ3) is 2.06. The van der Waals surface area contributed by atoms with Gasteiger partial charge in [0.2, 0.25) is 10.9 Å². The van der Waals surface area contributed by atoms with E-state index in [2.05, 4.69) is 10.8 Å². The summed E-state index contributed by atoms with van der Waals surface area (Å²) in [5.74, 6) is 0. The van der Waals surface area contributed by atoms with Crippen LogP contribution in [0.1, 0.15) is 0 Å². The summed E-state index contributed by atoms with van der Waals surface area (Å²) in [6.07, 6.45) is 0. The molecule has 53 valence electrons. The van der Waals surface area contributed by atoms with Gasteiger partial charge in [-0.2, -0.15) is 0 Å². The molecular formula is C6H6NO2S. The van der Waals surface area contributed by atoms with Crippen LogP contribution in [0.3, 0.4) is 0 Å². The largest absolute Gasteiger partial charge is 0.285 e. The summed E-state index contributed by atoms with van der Waals surface area (Å²) >= 11 is 0. The molecular weight excluding hydrogens is 150 g/mol. The highest BCUT2D eigenvalue weighted by molar-refractivity contribution is 7.73. The van der Waals surface area contributed by atoms with Gasteiger partial charge >= 0.3 is 0 Å². The van der Waals surface area contributed by atoms with Gasteiger partial charge in [0.05, 0.1) is 5.69 Å². The first-order valence-corrected chi connectivity index (χ1v) is 3.84. The zero-order chi connectivity index (χ0) is 7.40. The predicted molar refractivity (Wildman–Crippen MR) is 39.2 cm³/mol. The summed E-state index contributed by atoms with van der Waals surface area (Å²) in [5.41, 5.74) is 0.471. The molecule has 1 aromatic carbocycles. The number of hydrogen-bond acceptors (Lipinski definition) is 2. The minimum absolute atomic E-state index is 0.471. The van der Waals surface area contributed by atoms with Crippen molar-refractivity contribution < 1.29 is 8.42 Å². The highest BCUT2D eigenvalue weighted by Gasteiger charge is 1.86. The van der Waals surface area contributed by atoms with E-state index in [1.165, 1.54) is 0 Å². The minimum Gasteiger partial charge on any atom is -0.285 e. The molecule has 1 aromatic rings. The van der Waals surface area contributed by atoms with E-state index in [0.717, 1.165) is 0 Å². The zero-order valence-corrected chi connectivity index (χ0v) is 5.97. The molecule has 0 saturated carbocycles. The summed E-state index contributed by atoms with van der Waals surface area (Å²) in [4.78, 5) is 0. The van der Waals surface area contributed by atoms with Gasteiger partial charge in [0.25, 0.3) is 0 Å². The Morgan fingerprint density at radius 2 is 2.20 bits per heavy atom. The maximum absolute atomic E-state index is 10.1. The third-order valence-electron chi connectivity index (χ3n) is 0.921. The van der Waals surface area contributed by atoms with E-state index < -0.39 is 10.9 Å². The molecule has 4 heteroatoms. The van der Waals surface area contributed by atoms with Gasteiger partial charge in [-0.25, -0.2) is 8.42 Å². The zero-order valence-electron chi connectivity index (χ0n) is 5.07. The molecule has 1 radical (unpaired) electrons. The van der Waals surface area contributed by atoms with Gasteiger partial charge < -0.3 is 0 Å². The maximum Gasteiger partial charge on any atom is 0.222 e. The second kappa shape index (κ2) is 3.22. The number of thiol groups is 1. The molecule has 0 aromatic heterocycles. The Labute approximate surface area is 60.8 Å². The van der Waals surface area contributed by atoms with Gasteiger partial charge in [0, 0.05) is 6.07 Å². The lowest BCUT2D eigenvalue weighted by atomic mass is 10.3. The average Bonchev–Trinajstić information content (AvgIpc) is 1.88. The lowest BCUT2D eigenvalue weighted by molar-refractivity contribution is 0.619. The van der Waals surface area contributed by atoms with Gasteiger partial charge in [0.15, 0.2) is 0 Å². The van der Waals surface area contributed by atoms with Crippen LogP contribution in [0.5, 0.6) is 0 Å². The average molecular weight is 156 g/mol. The van der Waals surface area contributed by atoms with E-state index in [1.807, 2.05) is 0 Å². The molecule has 0 aliphatic heterocycles. The van der Waals surface area contributed by atoms with Crippen molar-refractivity contribution in [2.24, 2.45) is 0 Å². The smallest absolute Gasteiger partial charge is 0.222 e. The van der Waals surface area contributed by atoms with Crippen molar-refractivity contribution in [3.8, 4) is 0 Å². The molecule has 0 amide bonds. The fraction of sp³-hybridized carbons (Fsp3) is 0. The van der Waals surface area contributed by atoms with Crippen LogP contribution in [0.25, 0.3) is 0 Å². The molecule has 0 aliphatic carbocycles. The number of para-hydroxylation sites is 1. The molecule has 3 nitrogen and oxygen atoms in total. The Morgan fingerprint density at radius 3 is 2.70 bits per heavy atom. The SMILES string of the molecule is O=[SH](=O)Nc1[c]cccc1. The Morgan fingerprint density at radius 1 is 1.40 bits per heavy atom. The van der Waals surface area contributed by atoms with Crippen LogP contribution in [0, 0.1) is 6.07 Å². The van der Waals surface area contributed by atoms with E-state index in [1.54, 1.807) is 24.3 Å². The van der Waals surface area contributed by atoms with Gasteiger partial charge in [-0.1, -0.05) is 18.2 Å². The molecule has 0 unspecified atom stereocenters. The van der Waals surface area contributed by atoms with Crippen molar-refractivity contribution in [1.82, 2.24) is 0 Å². The molecule has 0 heterocycles. The standard InChI is InChI=1S/C6H6NO2S/c8-10(9)7-6-4-2-1-3-5-6/h1-4,10H,(H,7,8,9). The first kappa shape index (κ1) is 7.08. The second-order valence-electron chi connectivity index (χ2n) is 1.65. The van der Waals surface area contributed by atoms with Crippen LogP contribution in [-0.4, -0.2) is 8.42 Å². The monoisotopic (exact) mass is 156 g/mol. The summed E-state index contributed by atoms with van der Waals surface area (Å²) in [7, 11) is -2.56. The number of benzene rings is 1. The fourth-order valence-electron chi connectivity index (χ4n) is 0.561. The molecule has 1 rings (SSSR count). The lowest BCUT2D eigenvalue weighted by Gasteiger charge is -1.93. The highest BCUT2D eigenvalue weighted by atomic mass is 32.2. The lowest BCUT2D eigenvalue weighted by Crippen LogP contribution is -1.93. The van der Waals surface area contributed by atoms with Crippen LogP contribution >= 0.6 is 0 Å². The van der Waals surface area contributed by atoms with E-state index in [9.17, 15) is 8.42 Å². The third-order valence-corrected chi connectivity index (χ3v) is 1.34. The summed E-state index contributed by atoms with van der Waals surface area (Å²) in [5, 5.41) is 0. The summed E-state index contributed by atoms with van der Waals surface area (Å²) in [6, 6.07) is 9.48. The summed E-state index contributed by atoms with van der Waals surface area (Å²) in [6.45, 7) is 0. The Bertz CT molecular complexity index is 260. The molecule has 10 heavy (non-hydrogen) atoms. The van der Waals surface area contributed by atoms with Crippen molar-refractivity contribution in [3.63, 3.8) is 0 Å². The molecule has 0 aliphatic rings. The number of anilines is 1. The Balaban J connectivity index is 2.77. The Hall–Kier alpha value is -1.03. The molecule has 0 saturated heterocycles. The fourth-order valence-corrected chi connectivity index (χ4v) is 0.897. The van der Waals surface area contributed by atoms with Crippen LogP contribution < -0.4 is 4.72 Å². The summed E-state index contributed by atoms with van der Waals surface area (Å²) < 4.78 is 22.4. The first-order chi connectivity index (χ1) is 4.79. The quantitative estimate of drug-likeness (QED) is 0.610. The van der Waals surface area contributed by atoms with Gasteiger partial charge in [-0.3, -0.25) is 4.72 Å². The number of nitrogens with one attached hydrogen (secondary N) is 1. The van der Waals surface area contributed by atoms with Crippen molar-refractivity contribution in [3.05, 3.63) is 30.3 Å².